The fourth-order valence-corrected chi connectivity index (χ4v) is 3.07. The van der Waals surface area contributed by atoms with Crippen molar-refractivity contribution >= 4 is 39.2 Å². The van der Waals surface area contributed by atoms with Gasteiger partial charge in [0.1, 0.15) is 5.75 Å². The Labute approximate surface area is 105 Å². The number of benzene rings is 1. The van der Waals surface area contributed by atoms with Gasteiger partial charge in [0.15, 0.2) is 0 Å². The molecule has 0 bridgehead atoms. The van der Waals surface area contributed by atoms with Gasteiger partial charge in [0.2, 0.25) is 0 Å². The Morgan fingerprint density at radius 1 is 1.13 bits per heavy atom. The summed E-state index contributed by atoms with van der Waals surface area (Å²) in [7, 11) is 1.66. The molecule has 0 aliphatic heterocycles. The van der Waals surface area contributed by atoms with E-state index in [9.17, 15) is 0 Å². The molecule has 0 aliphatic carbocycles. The molecule has 0 heterocycles. The Bertz CT molecular complexity index is 295. The molecule has 15 heavy (non-hydrogen) atoms. The predicted molar refractivity (Wildman–Crippen MR) is 69.4 cm³/mol. The number of halogens is 3. The quantitative estimate of drug-likeness (QED) is 0.579. The molecule has 1 aromatic carbocycles. The van der Waals surface area contributed by atoms with Crippen molar-refractivity contribution in [3.05, 3.63) is 29.8 Å². The summed E-state index contributed by atoms with van der Waals surface area (Å²) in [6.45, 7) is 0. The van der Waals surface area contributed by atoms with Gasteiger partial charge in [0, 0.05) is 0 Å². The minimum Gasteiger partial charge on any atom is -0.497 e. The zero-order valence-corrected chi connectivity index (χ0v) is 11.7. The van der Waals surface area contributed by atoms with E-state index in [4.69, 9.17) is 38.0 Å². The number of hydrogen-bond donors (Lipinski definition) is 0. The lowest BCUT2D eigenvalue weighted by atomic mass is 10.1. The Morgan fingerprint density at radius 2 is 1.73 bits per heavy atom. The van der Waals surface area contributed by atoms with E-state index in [1.54, 1.807) is 7.11 Å². The average Bonchev–Trinajstić information content (AvgIpc) is 2.17. The van der Waals surface area contributed by atoms with E-state index in [1.807, 2.05) is 24.3 Å². The summed E-state index contributed by atoms with van der Waals surface area (Å²) in [6, 6.07) is 6.25. The van der Waals surface area contributed by atoms with Crippen LogP contribution in [0.3, 0.4) is 0 Å². The van der Waals surface area contributed by atoms with Gasteiger partial charge in [-0.2, -0.15) is 0 Å². The van der Waals surface area contributed by atoms with Gasteiger partial charge in [-0.15, -0.1) is 33.2 Å². The lowest BCUT2D eigenvalue weighted by Gasteiger charge is -2.07. The first-order valence-corrected chi connectivity index (χ1v) is 9.95. The molecule has 0 fully saturated rings. The molecule has 5 heteroatoms. The third-order valence-electron chi connectivity index (χ3n) is 2.08. The third kappa shape index (κ3) is 5.66. The van der Waals surface area contributed by atoms with Crippen LogP contribution in [-0.4, -0.2) is 13.1 Å². The topological polar surface area (TPSA) is 9.23 Å². The second-order valence-corrected chi connectivity index (χ2v) is 12.6. The van der Waals surface area contributed by atoms with Crippen LogP contribution in [0.4, 0.5) is 0 Å². The fraction of sp³-hybridized carbons (Fsp3) is 0.400. The van der Waals surface area contributed by atoms with Gasteiger partial charge in [-0.1, -0.05) is 12.1 Å². The van der Waals surface area contributed by atoms with E-state index >= 15 is 0 Å². The highest BCUT2D eigenvalue weighted by molar-refractivity contribution is 7.64. The molecule has 1 aromatic rings. The van der Waals surface area contributed by atoms with Gasteiger partial charge in [0.05, 0.1) is 7.11 Å². The maximum Gasteiger partial charge on any atom is 0.341 e. The average molecular weight is 284 g/mol. The molecule has 1 nitrogen and oxygen atoms in total. The number of aryl methyl sites for hydroxylation is 1. The molecule has 0 saturated carbocycles. The van der Waals surface area contributed by atoms with Crippen LogP contribution in [-0.2, 0) is 6.42 Å². The highest BCUT2D eigenvalue weighted by atomic mass is 35.8. The van der Waals surface area contributed by atoms with Gasteiger partial charge >= 0.3 is 6.00 Å². The van der Waals surface area contributed by atoms with Crippen molar-refractivity contribution in [3.8, 4) is 5.75 Å². The van der Waals surface area contributed by atoms with Crippen LogP contribution in [0.15, 0.2) is 24.3 Å². The van der Waals surface area contributed by atoms with Crippen molar-refractivity contribution in [3.63, 3.8) is 0 Å². The fourth-order valence-electron chi connectivity index (χ4n) is 1.29. The Kier molecular flexibility index (Phi) is 5.26. The summed E-state index contributed by atoms with van der Waals surface area (Å²) >= 11 is 17.4. The van der Waals surface area contributed by atoms with E-state index in [-0.39, 0.29) is 0 Å². The highest BCUT2D eigenvalue weighted by Gasteiger charge is 2.23. The van der Waals surface area contributed by atoms with E-state index in [0.717, 1.165) is 18.6 Å². The molecule has 1 rings (SSSR count). The van der Waals surface area contributed by atoms with Crippen molar-refractivity contribution in [1.82, 2.24) is 0 Å². The largest absolute Gasteiger partial charge is 0.497 e. The minimum atomic E-state index is -2.44. The molecule has 0 aromatic heterocycles. The van der Waals surface area contributed by atoms with E-state index in [2.05, 4.69) is 0 Å². The van der Waals surface area contributed by atoms with Crippen molar-refractivity contribution < 1.29 is 4.74 Å². The van der Waals surface area contributed by atoms with E-state index in [0.29, 0.717) is 6.04 Å². The summed E-state index contributed by atoms with van der Waals surface area (Å²) in [4.78, 5) is 0. The Balaban J connectivity index is 2.38. The van der Waals surface area contributed by atoms with Crippen LogP contribution in [0, 0.1) is 0 Å². The third-order valence-corrected chi connectivity index (χ3v) is 4.71. The van der Waals surface area contributed by atoms with E-state index < -0.39 is 6.00 Å². The molecule has 0 saturated heterocycles. The van der Waals surface area contributed by atoms with Crippen LogP contribution in [0.5, 0.6) is 5.75 Å². The van der Waals surface area contributed by atoms with Crippen molar-refractivity contribution in [2.75, 3.05) is 7.11 Å². The lowest BCUT2D eigenvalue weighted by Crippen LogP contribution is -2.08. The number of rotatable bonds is 5. The van der Waals surface area contributed by atoms with Crippen LogP contribution in [0.2, 0.25) is 6.04 Å². The summed E-state index contributed by atoms with van der Waals surface area (Å²) in [5.41, 5.74) is 1.25. The normalized spacial score (nSPS) is 11.5. The standard InChI is InChI=1S/C10H13Cl3OSi/c1-14-10-6-4-9(5-7-10)3-2-8-15(11,12)13/h4-7H,2-3,8H2,1H3. The second-order valence-electron chi connectivity index (χ2n) is 3.32. The van der Waals surface area contributed by atoms with Gasteiger partial charge in [-0.3, -0.25) is 0 Å². The Hall–Kier alpha value is 0.107. The molecule has 0 spiro atoms. The van der Waals surface area contributed by atoms with E-state index in [1.165, 1.54) is 5.56 Å². The molecule has 0 atom stereocenters. The van der Waals surface area contributed by atoms with Crippen LogP contribution in [0.25, 0.3) is 0 Å². The lowest BCUT2D eigenvalue weighted by molar-refractivity contribution is 0.414. The zero-order valence-electron chi connectivity index (χ0n) is 8.47. The highest BCUT2D eigenvalue weighted by Crippen LogP contribution is 2.27. The monoisotopic (exact) mass is 282 g/mol. The summed E-state index contributed by atoms with van der Waals surface area (Å²) in [6.07, 6.45) is 1.87. The SMILES string of the molecule is COc1ccc(CCC[Si](Cl)(Cl)Cl)cc1. The van der Waals surface area contributed by atoms with Crippen LogP contribution < -0.4 is 4.74 Å². The molecule has 0 aliphatic rings. The molecule has 0 N–H and O–H groups in total. The summed E-state index contributed by atoms with van der Waals surface area (Å²) < 4.78 is 5.07. The molecule has 0 amide bonds. The minimum absolute atomic E-state index is 0.712. The Morgan fingerprint density at radius 3 is 2.20 bits per heavy atom. The molecular formula is C10H13Cl3OSi. The summed E-state index contributed by atoms with van der Waals surface area (Å²) in [5.74, 6) is 0.870. The number of methoxy groups -OCH3 is 1. The maximum atomic E-state index is 5.80. The van der Waals surface area contributed by atoms with Crippen LogP contribution in [0.1, 0.15) is 12.0 Å². The smallest absolute Gasteiger partial charge is 0.341 e. The molecule has 0 radical (unpaired) electrons. The first-order chi connectivity index (χ1) is 7.01. The van der Waals surface area contributed by atoms with Crippen molar-refractivity contribution in [2.45, 2.75) is 18.9 Å². The molecular weight excluding hydrogens is 271 g/mol. The van der Waals surface area contributed by atoms with Gasteiger partial charge < -0.3 is 4.74 Å². The molecule has 0 unspecified atom stereocenters. The number of hydrogen-bond acceptors (Lipinski definition) is 1. The van der Waals surface area contributed by atoms with Crippen molar-refractivity contribution in [1.29, 1.82) is 0 Å². The first kappa shape index (κ1) is 13.2. The van der Waals surface area contributed by atoms with Gasteiger partial charge in [-0.05, 0) is 36.6 Å². The zero-order chi connectivity index (χ0) is 11.3. The first-order valence-electron chi connectivity index (χ1n) is 4.71. The van der Waals surface area contributed by atoms with Gasteiger partial charge in [-0.25, -0.2) is 0 Å². The maximum absolute atomic E-state index is 5.80. The van der Waals surface area contributed by atoms with Gasteiger partial charge in [0.25, 0.3) is 0 Å². The van der Waals surface area contributed by atoms with Crippen LogP contribution >= 0.6 is 33.2 Å². The summed E-state index contributed by atoms with van der Waals surface area (Å²) in [5, 5.41) is 0. The van der Waals surface area contributed by atoms with Crippen molar-refractivity contribution in [2.24, 2.45) is 0 Å². The second kappa shape index (κ2) is 5.99. The predicted octanol–water partition coefficient (Wildman–Crippen LogP) is 4.28. The molecule has 84 valence electrons. The number of ether oxygens (including phenoxy) is 1.